The minimum atomic E-state index is -0.0272. The highest BCUT2D eigenvalue weighted by atomic mass is 16.2. The van der Waals surface area contributed by atoms with Crippen molar-refractivity contribution in [3.8, 4) is 0 Å². The minimum absolute atomic E-state index is 0.0272. The van der Waals surface area contributed by atoms with Crippen molar-refractivity contribution in [2.45, 2.75) is 25.2 Å². The van der Waals surface area contributed by atoms with Crippen molar-refractivity contribution in [2.24, 2.45) is 5.92 Å². The molecule has 1 aliphatic heterocycles. The molecule has 3 amide bonds. The van der Waals surface area contributed by atoms with E-state index in [1.807, 2.05) is 17.0 Å². The molecule has 0 saturated carbocycles. The molecule has 5 nitrogen and oxygen atoms in total. The third kappa shape index (κ3) is 5.59. The summed E-state index contributed by atoms with van der Waals surface area (Å²) in [6.07, 6.45) is 2.32. The molecule has 1 heterocycles. The predicted molar refractivity (Wildman–Crippen MR) is 116 cm³/mol. The lowest BCUT2D eigenvalue weighted by Crippen LogP contribution is -2.47. The largest absolute Gasteiger partial charge is 0.349 e. The number of benzene rings is 2. The summed E-state index contributed by atoms with van der Waals surface area (Å²) in [6.45, 7) is 1.89. The Morgan fingerprint density at radius 1 is 0.966 bits per heavy atom. The first-order valence-corrected chi connectivity index (χ1v) is 10.4. The molecule has 0 aromatic heterocycles. The first kappa shape index (κ1) is 20.9. The summed E-state index contributed by atoms with van der Waals surface area (Å²) in [5.41, 5.74) is 2.52. The molecular formula is C24H31N3O2. The van der Waals surface area contributed by atoms with Crippen molar-refractivity contribution < 1.29 is 9.59 Å². The molecule has 0 bridgehead atoms. The average molecular weight is 394 g/mol. The number of carbonyl (C=O) groups excluding carboxylic acids is 2. The SMILES string of the molecule is CN(C)C(=O)C1CCN(C(=O)NCCC(c2ccccc2)c2ccccc2)CC1. The Labute approximate surface area is 173 Å². The monoisotopic (exact) mass is 393 g/mol. The van der Waals surface area contributed by atoms with Gasteiger partial charge in [0, 0.05) is 45.6 Å². The van der Waals surface area contributed by atoms with Crippen molar-refractivity contribution >= 4 is 11.9 Å². The molecule has 1 saturated heterocycles. The van der Waals surface area contributed by atoms with Gasteiger partial charge in [-0.1, -0.05) is 60.7 Å². The maximum atomic E-state index is 12.6. The Morgan fingerprint density at radius 2 is 1.48 bits per heavy atom. The summed E-state index contributed by atoms with van der Waals surface area (Å²) in [6, 6.07) is 20.8. The van der Waals surface area contributed by atoms with Crippen LogP contribution in [0.1, 0.15) is 36.3 Å². The Morgan fingerprint density at radius 3 is 1.97 bits per heavy atom. The Balaban J connectivity index is 1.52. The molecule has 0 aliphatic carbocycles. The number of likely N-dealkylation sites (tertiary alicyclic amines) is 1. The van der Waals surface area contributed by atoms with Crippen LogP contribution in [0, 0.1) is 5.92 Å². The number of urea groups is 1. The molecule has 2 aromatic rings. The van der Waals surface area contributed by atoms with Crippen molar-refractivity contribution in [3.63, 3.8) is 0 Å². The van der Waals surface area contributed by atoms with E-state index in [1.54, 1.807) is 19.0 Å². The lowest BCUT2D eigenvalue weighted by atomic mass is 9.88. The van der Waals surface area contributed by atoms with E-state index in [-0.39, 0.29) is 23.8 Å². The van der Waals surface area contributed by atoms with Gasteiger partial charge < -0.3 is 15.1 Å². The number of carbonyl (C=O) groups is 2. The van der Waals surface area contributed by atoms with E-state index in [0.29, 0.717) is 19.6 Å². The molecule has 154 valence electrons. The van der Waals surface area contributed by atoms with Gasteiger partial charge in [-0.25, -0.2) is 4.79 Å². The van der Waals surface area contributed by atoms with E-state index in [4.69, 9.17) is 0 Å². The molecule has 5 heteroatoms. The number of nitrogens with one attached hydrogen (secondary N) is 1. The van der Waals surface area contributed by atoms with Crippen LogP contribution >= 0.6 is 0 Å². The minimum Gasteiger partial charge on any atom is -0.349 e. The smallest absolute Gasteiger partial charge is 0.317 e. The fraction of sp³-hybridized carbons (Fsp3) is 0.417. The first-order chi connectivity index (χ1) is 14.1. The second kappa shape index (κ2) is 10.1. The molecular weight excluding hydrogens is 362 g/mol. The number of hydrogen-bond acceptors (Lipinski definition) is 2. The molecule has 1 N–H and O–H groups in total. The van der Waals surface area contributed by atoms with Crippen LogP contribution in [-0.2, 0) is 4.79 Å². The third-order valence-corrected chi connectivity index (χ3v) is 5.69. The quantitative estimate of drug-likeness (QED) is 0.813. The van der Waals surface area contributed by atoms with E-state index in [9.17, 15) is 9.59 Å². The van der Waals surface area contributed by atoms with Gasteiger partial charge >= 0.3 is 6.03 Å². The zero-order chi connectivity index (χ0) is 20.6. The van der Waals surface area contributed by atoms with Crippen LogP contribution in [0.3, 0.4) is 0 Å². The van der Waals surface area contributed by atoms with E-state index in [2.05, 4.69) is 53.8 Å². The lowest BCUT2D eigenvalue weighted by molar-refractivity contribution is -0.134. The number of hydrogen-bond donors (Lipinski definition) is 1. The zero-order valence-corrected chi connectivity index (χ0v) is 17.4. The number of piperidine rings is 1. The van der Waals surface area contributed by atoms with Gasteiger partial charge in [0.25, 0.3) is 0 Å². The maximum Gasteiger partial charge on any atom is 0.317 e. The molecule has 0 unspecified atom stereocenters. The van der Waals surface area contributed by atoms with E-state index in [1.165, 1.54) is 11.1 Å². The van der Waals surface area contributed by atoms with Crippen LogP contribution in [0.15, 0.2) is 60.7 Å². The highest BCUT2D eigenvalue weighted by Crippen LogP contribution is 2.27. The zero-order valence-electron chi connectivity index (χ0n) is 17.4. The van der Waals surface area contributed by atoms with Crippen LogP contribution in [0.4, 0.5) is 4.79 Å². The van der Waals surface area contributed by atoms with Gasteiger partial charge in [0.15, 0.2) is 0 Å². The molecule has 1 fully saturated rings. The van der Waals surface area contributed by atoms with Gasteiger partial charge in [0.1, 0.15) is 0 Å². The summed E-state index contributed by atoms with van der Waals surface area (Å²) in [5, 5.41) is 3.08. The first-order valence-electron chi connectivity index (χ1n) is 10.4. The van der Waals surface area contributed by atoms with Crippen molar-refractivity contribution in [3.05, 3.63) is 71.8 Å². The van der Waals surface area contributed by atoms with Gasteiger partial charge in [-0.15, -0.1) is 0 Å². The highest BCUT2D eigenvalue weighted by Gasteiger charge is 2.28. The van der Waals surface area contributed by atoms with Gasteiger partial charge in [-0.3, -0.25) is 4.79 Å². The fourth-order valence-corrected chi connectivity index (χ4v) is 4.03. The van der Waals surface area contributed by atoms with Gasteiger partial charge in [0.2, 0.25) is 5.91 Å². The number of nitrogens with zero attached hydrogens (tertiary/aromatic N) is 2. The third-order valence-electron chi connectivity index (χ3n) is 5.69. The van der Waals surface area contributed by atoms with Gasteiger partial charge in [-0.2, -0.15) is 0 Å². The fourth-order valence-electron chi connectivity index (χ4n) is 4.03. The van der Waals surface area contributed by atoms with Crippen LogP contribution in [0.25, 0.3) is 0 Å². The summed E-state index contributed by atoms with van der Waals surface area (Å²) in [7, 11) is 3.58. The molecule has 0 spiro atoms. The van der Waals surface area contributed by atoms with Crippen molar-refractivity contribution in [2.75, 3.05) is 33.7 Å². The molecule has 29 heavy (non-hydrogen) atoms. The Hall–Kier alpha value is -2.82. The molecule has 0 atom stereocenters. The molecule has 1 aliphatic rings. The average Bonchev–Trinajstić information content (AvgIpc) is 2.77. The van der Waals surface area contributed by atoms with E-state index >= 15 is 0 Å². The van der Waals surface area contributed by atoms with E-state index in [0.717, 1.165) is 19.3 Å². The van der Waals surface area contributed by atoms with Crippen molar-refractivity contribution in [1.82, 2.24) is 15.1 Å². The van der Waals surface area contributed by atoms with Crippen LogP contribution in [0.5, 0.6) is 0 Å². The maximum absolute atomic E-state index is 12.6. The molecule has 2 aromatic carbocycles. The predicted octanol–water partition coefficient (Wildman–Crippen LogP) is 3.72. The summed E-state index contributed by atoms with van der Waals surface area (Å²) < 4.78 is 0. The second-order valence-corrected chi connectivity index (χ2v) is 7.89. The summed E-state index contributed by atoms with van der Waals surface area (Å²) >= 11 is 0. The van der Waals surface area contributed by atoms with Crippen molar-refractivity contribution in [1.29, 1.82) is 0 Å². The summed E-state index contributed by atoms with van der Waals surface area (Å²) in [4.78, 5) is 28.2. The Kier molecular flexibility index (Phi) is 7.28. The normalized spacial score (nSPS) is 14.7. The second-order valence-electron chi connectivity index (χ2n) is 7.89. The number of rotatable bonds is 6. The van der Waals surface area contributed by atoms with Crippen LogP contribution in [-0.4, -0.2) is 55.5 Å². The van der Waals surface area contributed by atoms with Gasteiger partial charge in [0.05, 0.1) is 0 Å². The summed E-state index contributed by atoms with van der Waals surface area (Å²) in [5.74, 6) is 0.453. The van der Waals surface area contributed by atoms with Crippen LogP contribution in [0.2, 0.25) is 0 Å². The van der Waals surface area contributed by atoms with E-state index < -0.39 is 0 Å². The topological polar surface area (TPSA) is 52.7 Å². The van der Waals surface area contributed by atoms with Crippen LogP contribution < -0.4 is 5.32 Å². The molecule has 0 radical (unpaired) electrons. The van der Waals surface area contributed by atoms with Gasteiger partial charge in [-0.05, 0) is 30.4 Å². The Bertz CT molecular complexity index is 745. The standard InChI is InChI=1S/C24H31N3O2/c1-26(2)23(28)21-14-17-27(18-15-21)24(29)25-16-13-22(19-9-5-3-6-10-19)20-11-7-4-8-12-20/h3-12,21-22H,13-18H2,1-2H3,(H,25,29). The number of amides is 3. The highest BCUT2D eigenvalue weighted by molar-refractivity contribution is 5.79. The lowest BCUT2D eigenvalue weighted by Gasteiger charge is -2.32. The molecule has 3 rings (SSSR count).